The average Bonchev–Trinajstić information content (AvgIpc) is 2.17. The maximum absolute atomic E-state index is 10.2. The van der Waals surface area contributed by atoms with E-state index >= 15 is 0 Å². The summed E-state index contributed by atoms with van der Waals surface area (Å²) in [5.41, 5.74) is 0.524. The fourth-order valence-corrected chi connectivity index (χ4v) is 0.920. The molecule has 0 saturated carbocycles. The van der Waals surface area contributed by atoms with Crippen molar-refractivity contribution in [2.75, 3.05) is 6.61 Å². The smallest absolute Gasteiger partial charge is 0.341 e. The lowest BCUT2D eigenvalue weighted by Crippen LogP contribution is -2.10. The molecule has 0 saturated heterocycles. The van der Waals surface area contributed by atoms with Gasteiger partial charge in [-0.05, 0) is 12.1 Å². The third kappa shape index (κ3) is 2.78. The highest BCUT2D eigenvalue weighted by Crippen LogP contribution is 2.15. The first-order chi connectivity index (χ1) is 6.74. The van der Waals surface area contributed by atoms with E-state index in [1.807, 2.05) is 0 Å². The van der Waals surface area contributed by atoms with Crippen LogP contribution in [0.1, 0.15) is 5.56 Å². The summed E-state index contributed by atoms with van der Waals surface area (Å²) in [6.07, 6.45) is 1.18. The van der Waals surface area contributed by atoms with Crippen molar-refractivity contribution in [1.29, 1.82) is 0 Å². The monoisotopic (exact) mass is 195 g/mol. The van der Waals surface area contributed by atoms with E-state index in [1.165, 1.54) is 6.21 Å². The summed E-state index contributed by atoms with van der Waals surface area (Å²) in [5, 5.41) is 19.5. The topological polar surface area (TPSA) is 79.1 Å². The van der Waals surface area contributed by atoms with Gasteiger partial charge in [0, 0.05) is 5.56 Å². The van der Waals surface area contributed by atoms with Crippen molar-refractivity contribution in [1.82, 2.24) is 0 Å². The third-order valence-corrected chi connectivity index (χ3v) is 1.47. The van der Waals surface area contributed by atoms with Crippen molar-refractivity contribution in [3.63, 3.8) is 0 Å². The quantitative estimate of drug-likeness (QED) is 0.426. The summed E-state index contributed by atoms with van der Waals surface area (Å²) in [6, 6.07) is 6.67. The summed E-state index contributed by atoms with van der Waals surface area (Å²) >= 11 is 0. The number of carboxylic acids is 1. The minimum Gasteiger partial charge on any atom is -0.481 e. The van der Waals surface area contributed by atoms with Crippen molar-refractivity contribution in [2.45, 2.75) is 0 Å². The number of oxime groups is 1. The van der Waals surface area contributed by atoms with E-state index < -0.39 is 12.6 Å². The molecule has 1 rings (SSSR count). The number of rotatable bonds is 4. The maximum atomic E-state index is 10.2. The normalized spacial score (nSPS) is 10.3. The molecule has 0 heterocycles. The second-order valence-corrected chi connectivity index (χ2v) is 2.46. The number of hydrogen-bond donors (Lipinski definition) is 2. The van der Waals surface area contributed by atoms with Gasteiger partial charge in [0.15, 0.2) is 6.61 Å². The Balaban J connectivity index is 2.79. The highest BCUT2D eigenvalue weighted by molar-refractivity contribution is 5.83. The van der Waals surface area contributed by atoms with Gasteiger partial charge in [-0.1, -0.05) is 17.3 Å². The molecule has 0 radical (unpaired) electrons. The molecule has 0 amide bonds. The lowest BCUT2D eigenvalue weighted by Gasteiger charge is -2.05. The van der Waals surface area contributed by atoms with Gasteiger partial charge in [0.05, 0.1) is 6.21 Å². The fraction of sp³-hybridized carbons (Fsp3) is 0.111. The predicted octanol–water partition coefficient (Wildman–Crippen LogP) is 0.958. The standard InChI is InChI=1S/C9H9NO4/c11-9(12)6-14-8-4-2-1-3-7(8)5-10-13/h1-5,13H,6H2,(H,11,12)/b10-5-. The van der Waals surface area contributed by atoms with Crippen LogP contribution in [0.25, 0.3) is 0 Å². The molecule has 0 fully saturated rings. The van der Waals surface area contributed by atoms with Crippen molar-refractivity contribution < 1.29 is 19.8 Å². The SMILES string of the molecule is O=C(O)COc1ccccc1/C=N\O. The molecule has 0 aliphatic rings. The first-order valence-corrected chi connectivity index (χ1v) is 3.85. The molecule has 0 aliphatic carbocycles. The maximum Gasteiger partial charge on any atom is 0.341 e. The van der Waals surface area contributed by atoms with Gasteiger partial charge in [0.25, 0.3) is 0 Å². The number of benzene rings is 1. The molecule has 0 unspecified atom stereocenters. The van der Waals surface area contributed by atoms with E-state index in [2.05, 4.69) is 5.16 Å². The van der Waals surface area contributed by atoms with E-state index in [0.29, 0.717) is 11.3 Å². The number of ether oxygens (including phenoxy) is 1. The molecule has 5 heteroatoms. The Labute approximate surface area is 80.2 Å². The summed E-state index contributed by atoms with van der Waals surface area (Å²) < 4.78 is 4.95. The Kier molecular flexibility index (Phi) is 3.49. The summed E-state index contributed by atoms with van der Waals surface area (Å²) in [7, 11) is 0. The van der Waals surface area contributed by atoms with E-state index in [-0.39, 0.29) is 0 Å². The van der Waals surface area contributed by atoms with Crippen LogP contribution in [0.5, 0.6) is 5.75 Å². The van der Waals surface area contributed by atoms with Crippen molar-refractivity contribution >= 4 is 12.2 Å². The van der Waals surface area contributed by atoms with Crippen LogP contribution in [-0.4, -0.2) is 29.1 Å². The minimum atomic E-state index is -1.05. The van der Waals surface area contributed by atoms with Gasteiger partial charge in [-0.25, -0.2) is 4.79 Å². The number of aliphatic carboxylic acids is 1. The zero-order valence-electron chi connectivity index (χ0n) is 7.25. The molecule has 0 bridgehead atoms. The van der Waals surface area contributed by atoms with Crippen LogP contribution in [0.3, 0.4) is 0 Å². The molecule has 0 aliphatic heterocycles. The molecule has 1 aromatic rings. The third-order valence-electron chi connectivity index (χ3n) is 1.47. The second-order valence-electron chi connectivity index (χ2n) is 2.46. The van der Waals surface area contributed by atoms with E-state index in [9.17, 15) is 4.79 Å². The summed E-state index contributed by atoms with van der Waals surface area (Å²) in [4.78, 5) is 10.2. The molecular weight excluding hydrogens is 186 g/mol. The Morgan fingerprint density at radius 3 is 2.86 bits per heavy atom. The number of hydrogen-bond acceptors (Lipinski definition) is 4. The van der Waals surface area contributed by atoms with Crippen molar-refractivity contribution in [2.24, 2.45) is 5.16 Å². The molecular formula is C9H9NO4. The number of para-hydroxylation sites is 1. The Bertz CT molecular complexity index is 348. The van der Waals surface area contributed by atoms with Crippen LogP contribution in [0.2, 0.25) is 0 Å². The first-order valence-electron chi connectivity index (χ1n) is 3.85. The van der Waals surface area contributed by atoms with E-state index in [0.717, 1.165) is 0 Å². The molecule has 74 valence electrons. The van der Waals surface area contributed by atoms with Crippen LogP contribution < -0.4 is 4.74 Å². The van der Waals surface area contributed by atoms with Gasteiger partial charge < -0.3 is 15.1 Å². The van der Waals surface area contributed by atoms with Crippen LogP contribution in [0, 0.1) is 0 Å². The largest absolute Gasteiger partial charge is 0.481 e. The van der Waals surface area contributed by atoms with E-state index in [1.54, 1.807) is 24.3 Å². The van der Waals surface area contributed by atoms with E-state index in [4.69, 9.17) is 15.1 Å². The summed E-state index contributed by atoms with van der Waals surface area (Å²) in [5.74, 6) is -0.687. The van der Waals surface area contributed by atoms with Gasteiger partial charge in [0.1, 0.15) is 5.75 Å². The number of nitrogens with zero attached hydrogens (tertiary/aromatic N) is 1. The Morgan fingerprint density at radius 2 is 2.21 bits per heavy atom. The van der Waals surface area contributed by atoms with Crippen LogP contribution >= 0.6 is 0 Å². The lowest BCUT2D eigenvalue weighted by molar-refractivity contribution is -0.139. The summed E-state index contributed by atoms with van der Waals surface area (Å²) in [6.45, 7) is -0.420. The number of carbonyl (C=O) groups is 1. The highest BCUT2D eigenvalue weighted by atomic mass is 16.5. The lowest BCUT2D eigenvalue weighted by atomic mass is 10.2. The first kappa shape index (κ1) is 10.0. The Hall–Kier alpha value is -2.04. The second kappa shape index (κ2) is 4.86. The molecule has 0 aromatic heterocycles. The number of carboxylic acid groups (broad SMARTS) is 1. The van der Waals surface area contributed by atoms with Crippen LogP contribution in [0.4, 0.5) is 0 Å². The van der Waals surface area contributed by atoms with Crippen LogP contribution in [-0.2, 0) is 4.79 Å². The molecule has 2 N–H and O–H groups in total. The molecule has 0 spiro atoms. The fourth-order valence-electron chi connectivity index (χ4n) is 0.920. The average molecular weight is 195 g/mol. The molecule has 5 nitrogen and oxygen atoms in total. The molecule has 1 aromatic carbocycles. The highest BCUT2D eigenvalue weighted by Gasteiger charge is 2.02. The molecule has 0 atom stereocenters. The minimum absolute atomic E-state index is 0.368. The van der Waals surface area contributed by atoms with Gasteiger partial charge in [-0.3, -0.25) is 0 Å². The van der Waals surface area contributed by atoms with Gasteiger partial charge in [0.2, 0.25) is 0 Å². The van der Waals surface area contributed by atoms with Crippen molar-refractivity contribution in [3.05, 3.63) is 29.8 Å². The van der Waals surface area contributed by atoms with Crippen LogP contribution in [0.15, 0.2) is 29.4 Å². The predicted molar refractivity (Wildman–Crippen MR) is 49.0 cm³/mol. The Morgan fingerprint density at radius 1 is 1.50 bits per heavy atom. The zero-order valence-corrected chi connectivity index (χ0v) is 7.25. The van der Waals surface area contributed by atoms with Gasteiger partial charge >= 0.3 is 5.97 Å². The zero-order chi connectivity index (χ0) is 10.4. The van der Waals surface area contributed by atoms with Crippen molar-refractivity contribution in [3.8, 4) is 5.75 Å². The molecule has 14 heavy (non-hydrogen) atoms. The van der Waals surface area contributed by atoms with Gasteiger partial charge in [-0.15, -0.1) is 0 Å². The van der Waals surface area contributed by atoms with Gasteiger partial charge in [-0.2, -0.15) is 0 Å².